The third-order valence-electron chi connectivity index (χ3n) is 3.42. The predicted octanol–water partition coefficient (Wildman–Crippen LogP) is 3.89. The average Bonchev–Trinajstić information content (AvgIpc) is 3.08. The van der Waals surface area contributed by atoms with Gasteiger partial charge in [-0.05, 0) is 25.3 Å². The molecule has 0 bridgehead atoms. The van der Waals surface area contributed by atoms with Gasteiger partial charge in [-0.3, -0.25) is 0 Å². The first-order valence-electron chi connectivity index (χ1n) is 6.36. The van der Waals surface area contributed by atoms with Crippen LogP contribution in [0, 0.1) is 0 Å². The van der Waals surface area contributed by atoms with Crippen LogP contribution in [0.3, 0.4) is 0 Å². The molecule has 100 valence electrons. The molecule has 1 aliphatic rings. The van der Waals surface area contributed by atoms with E-state index in [1.54, 1.807) is 11.3 Å². The van der Waals surface area contributed by atoms with Gasteiger partial charge in [-0.1, -0.05) is 41.7 Å². The van der Waals surface area contributed by atoms with Crippen molar-refractivity contribution in [3.63, 3.8) is 0 Å². The highest BCUT2D eigenvalue weighted by Gasteiger charge is 2.36. The summed E-state index contributed by atoms with van der Waals surface area (Å²) < 4.78 is 5.79. The molecule has 0 saturated carbocycles. The van der Waals surface area contributed by atoms with E-state index in [2.05, 4.69) is 17.1 Å². The van der Waals surface area contributed by atoms with Crippen LogP contribution >= 0.6 is 22.9 Å². The monoisotopic (exact) mass is 294 g/mol. The molecule has 1 aliphatic heterocycles. The van der Waals surface area contributed by atoms with Crippen molar-refractivity contribution in [2.24, 2.45) is 0 Å². The van der Waals surface area contributed by atoms with Gasteiger partial charge in [0, 0.05) is 6.61 Å². The Bertz CT molecular complexity index is 552. The Kier molecular flexibility index (Phi) is 3.56. The van der Waals surface area contributed by atoms with E-state index in [0.29, 0.717) is 0 Å². The number of hydrogen-bond donors (Lipinski definition) is 0. The van der Waals surface area contributed by atoms with Crippen LogP contribution in [0.15, 0.2) is 30.3 Å². The number of benzene rings is 1. The number of alkyl halides is 1. The van der Waals surface area contributed by atoms with Crippen molar-refractivity contribution in [1.82, 2.24) is 10.2 Å². The van der Waals surface area contributed by atoms with Gasteiger partial charge in [0.05, 0.1) is 0 Å². The van der Waals surface area contributed by atoms with E-state index >= 15 is 0 Å². The molecule has 1 saturated heterocycles. The normalized spacial score (nSPS) is 24.5. The molecule has 1 aromatic heterocycles. The first-order chi connectivity index (χ1) is 9.19. The number of rotatable bonds is 3. The van der Waals surface area contributed by atoms with Crippen LogP contribution < -0.4 is 0 Å². The van der Waals surface area contributed by atoms with Crippen molar-refractivity contribution in [1.29, 1.82) is 0 Å². The van der Waals surface area contributed by atoms with E-state index in [0.717, 1.165) is 35.0 Å². The molecule has 3 rings (SSSR count). The molecule has 19 heavy (non-hydrogen) atoms. The molecular formula is C14H15ClN2OS. The predicted molar refractivity (Wildman–Crippen MR) is 76.6 cm³/mol. The van der Waals surface area contributed by atoms with E-state index in [4.69, 9.17) is 16.3 Å². The second-order valence-corrected chi connectivity index (χ2v) is 6.35. The molecule has 1 fully saturated rings. The van der Waals surface area contributed by atoms with Crippen molar-refractivity contribution in [3.8, 4) is 0 Å². The number of hydrogen-bond acceptors (Lipinski definition) is 4. The van der Waals surface area contributed by atoms with E-state index < -0.39 is 0 Å². The maximum absolute atomic E-state index is 6.46. The summed E-state index contributed by atoms with van der Waals surface area (Å²) in [5.74, 6) is 0. The quantitative estimate of drug-likeness (QED) is 0.806. The smallest absolute Gasteiger partial charge is 0.149 e. The molecule has 0 amide bonds. The molecule has 0 aliphatic carbocycles. The Morgan fingerprint density at radius 1 is 1.32 bits per heavy atom. The Hall–Kier alpha value is -0.970. The van der Waals surface area contributed by atoms with Gasteiger partial charge in [0.25, 0.3) is 0 Å². The molecule has 5 heteroatoms. The lowest BCUT2D eigenvalue weighted by molar-refractivity contribution is 0.0161. The summed E-state index contributed by atoms with van der Waals surface area (Å²) in [5.41, 5.74) is 0.771. The summed E-state index contributed by atoms with van der Waals surface area (Å²) in [6, 6.07) is 9.95. The summed E-state index contributed by atoms with van der Waals surface area (Å²) in [6.45, 7) is 2.88. The molecule has 1 aromatic carbocycles. The van der Waals surface area contributed by atoms with Crippen molar-refractivity contribution >= 4 is 22.9 Å². The Balaban J connectivity index is 1.85. The Morgan fingerprint density at radius 2 is 2.11 bits per heavy atom. The first kappa shape index (κ1) is 13.0. The van der Waals surface area contributed by atoms with Gasteiger partial charge in [0.1, 0.15) is 21.0 Å². The molecule has 0 radical (unpaired) electrons. The van der Waals surface area contributed by atoms with Gasteiger partial charge in [0.2, 0.25) is 0 Å². The lowest BCUT2D eigenvalue weighted by Crippen LogP contribution is -2.19. The SMILES string of the molecule is CC1(c2nnc(C(Cl)c3ccccc3)s2)CCCO1. The highest BCUT2D eigenvalue weighted by atomic mass is 35.5. The topological polar surface area (TPSA) is 35.0 Å². The van der Waals surface area contributed by atoms with Gasteiger partial charge in [0.15, 0.2) is 0 Å². The lowest BCUT2D eigenvalue weighted by atomic mass is 10.0. The van der Waals surface area contributed by atoms with E-state index in [1.807, 2.05) is 30.3 Å². The van der Waals surface area contributed by atoms with Gasteiger partial charge in [-0.15, -0.1) is 21.8 Å². The molecule has 3 nitrogen and oxygen atoms in total. The highest BCUT2D eigenvalue weighted by molar-refractivity contribution is 7.11. The minimum atomic E-state index is -0.275. The summed E-state index contributed by atoms with van der Waals surface area (Å²) in [4.78, 5) is 0. The summed E-state index contributed by atoms with van der Waals surface area (Å²) in [5, 5.41) is 10.0. The third kappa shape index (κ3) is 2.53. The first-order valence-corrected chi connectivity index (χ1v) is 7.61. The van der Waals surface area contributed by atoms with Crippen LogP contribution in [-0.4, -0.2) is 16.8 Å². The lowest BCUT2D eigenvalue weighted by Gasteiger charge is -2.18. The van der Waals surface area contributed by atoms with Crippen LogP contribution in [0.4, 0.5) is 0 Å². The number of nitrogens with zero attached hydrogens (tertiary/aromatic N) is 2. The van der Waals surface area contributed by atoms with Crippen LogP contribution in [0.2, 0.25) is 0 Å². The summed E-state index contributed by atoms with van der Waals surface area (Å²) in [7, 11) is 0. The summed E-state index contributed by atoms with van der Waals surface area (Å²) in [6.07, 6.45) is 2.08. The highest BCUT2D eigenvalue weighted by Crippen LogP contribution is 2.39. The van der Waals surface area contributed by atoms with Gasteiger partial charge < -0.3 is 4.74 Å². The fourth-order valence-electron chi connectivity index (χ4n) is 2.26. The number of ether oxygens (including phenoxy) is 1. The molecule has 2 atom stereocenters. The summed E-state index contributed by atoms with van der Waals surface area (Å²) >= 11 is 8.02. The van der Waals surface area contributed by atoms with Crippen LogP contribution in [0.1, 0.15) is 40.7 Å². The van der Waals surface area contributed by atoms with Gasteiger partial charge >= 0.3 is 0 Å². The molecule has 2 aromatic rings. The maximum Gasteiger partial charge on any atom is 0.149 e. The fourth-order valence-corrected chi connectivity index (χ4v) is 3.56. The number of halogens is 1. The second kappa shape index (κ2) is 5.19. The van der Waals surface area contributed by atoms with Gasteiger partial charge in [-0.25, -0.2) is 0 Å². The van der Waals surface area contributed by atoms with Crippen LogP contribution in [0.25, 0.3) is 0 Å². The zero-order chi connectivity index (χ0) is 13.3. The Labute approximate surface area is 121 Å². The zero-order valence-corrected chi connectivity index (χ0v) is 12.2. The maximum atomic E-state index is 6.46. The molecule has 2 unspecified atom stereocenters. The van der Waals surface area contributed by atoms with E-state index in [9.17, 15) is 0 Å². The standard InChI is InChI=1S/C14H15ClN2OS/c1-14(8-5-9-18-14)13-17-16-12(19-13)11(15)10-6-3-2-4-7-10/h2-4,6-7,11H,5,8-9H2,1H3. The van der Waals surface area contributed by atoms with E-state index in [-0.39, 0.29) is 11.0 Å². The molecular weight excluding hydrogens is 280 g/mol. The van der Waals surface area contributed by atoms with Crippen LogP contribution in [-0.2, 0) is 10.3 Å². The second-order valence-electron chi connectivity index (χ2n) is 4.90. The minimum Gasteiger partial charge on any atom is -0.368 e. The van der Waals surface area contributed by atoms with E-state index in [1.165, 1.54) is 0 Å². The minimum absolute atomic E-state index is 0.238. The van der Waals surface area contributed by atoms with Crippen molar-refractivity contribution < 1.29 is 4.74 Å². The third-order valence-corrected chi connectivity index (χ3v) is 5.24. The molecule has 2 heterocycles. The van der Waals surface area contributed by atoms with Crippen molar-refractivity contribution in [2.45, 2.75) is 30.7 Å². The van der Waals surface area contributed by atoms with Crippen LogP contribution in [0.5, 0.6) is 0 Å². The number of aromatic nitrogens is 2. The van der Waals surface area contributed by atoms with Crippen molar-refractivity contribution in [3.05, 3.63) is 45.9 Å². The zero-order valence-electron chi connectivity index (χ0n) is 10.7. The average molecular weight is 295 g/mol. The molecule has 0 spiro atoms. The van der Waals surface area contributed by atoms with Gasteiger partial charge in [-0.2, -0.15) is 0 Å². The van der Waals surface area contributed by atoms with Crippen molar-refractivity contribution in [2.75, 3.05) is 6.61 Å². The Morgan fingerprint density at radius 3 is 2.79 bits per heavy atom. The largest absolute Gasteiger partial charge is 0.368 e. The fraction of sp³-hybridized carbons (Fsp3) is 0.429. The molecule has 0 N–H and O–H groups in total.